The molecule has 326 valence electrons. The molecule has 0 spiro atoms. The van der Waals surface area contributed by atoms with Gasteiger partial charge in [0, 0.05) is 45.8 Å². The van der Waals surface area contributed by atoms with Crippen LogP contribution in [-0.4, -0.2) is 202 Å². The Morgan fingerprint density at radius 2 is 0.839 bits per heavy atom. The van der Waals surface area contributed by atoms with Crippen LogP contribution in [0.15, 0.2) is 0 Å². The molecule has 56 heavy (non-hydrogen) atoms. The molecule has 0 heterocycles. The number of carbonyl (C=O) groups is 4. The maximum absolute atomic E-state index is 13.1. The predicted molar refractivity (Wildman–Crippen MR) is 207 cm³/mol. The van der Waals surface area contributed by atoms with Gasteiger partial charge in [0.15, 0.2) is 10.5 Å². The number of aliphatic carboxylic acids is 2. The second-order valence-electron chi connectivity index (χ2n) is 13.7. The molecule has 24 heteroatoms. The molecule has 0 aliphatic heterocycles. The van der Waals surface area contributed by atoms with Gasteiger partial charge in [-0.1, -0.05) is 78.1 Å². The summed E-state index contributed by atoms with van der Waals surface area (Å²) in [5.41, 5.74) is 0. The van der Waals surface area contributed by atoms with E-state index in [-0.39, 0.29) is 42.6 Å². The summed E-state index contributed by atoms with van der Waals surface area (Å²) in [6.07, 6.45) is 4.00. The molecule has 0 aromatic rings. The van der Waals surface area contributed by atoms with Crippen LogP contribution in [0, 0.1) is 0 Å². The van der Waals surface area contributed by atoms with Crippen LogP contribution in [0.4, 0.5) is 0 Å². The molecule has 0 radical (unpaired) electrons. The molecule has 4 atom stereocenters. The third-order valence-electron chi connectivity index (χ3n) is 8.72. The van der Waals surface area contributed by atoms with Gasteiger partial charge in [-0.25, -0.2) is 0 Å². The summed E-state index contributed by atoms with van der Waals surface area (Å²) in [4.78, 5) is 52.5. The summed E-state index contributed by atoms with van der Waals surface area (Å²) >= 11 is 0. The van der Waals surface area contributed by atoms with Crippen molar-refractivity contribution in [3.05, 3.63) is 0 Å². The number of amides is 2. The summed E-state index contributed by atoms with van der Waals surface area (Å²) in [7, 11) is -14.9. The van der Waals surface area contributed by atoms with Crippen molar-refractivity contribution in [1.82, 2.24) is 14.7 Å². The quantitative estimate of drug-likeness (QED) is 0.0261. The van der Waals surface area contributed by atoms with E-state index in [0.29, 0.717) is 25.7 Å². The molecular weight excluding hydrogens is 818 g/mol. The van der Waals surface area contributed by atoms with E-state index in [4.69, 9.17) is 0 Å². The van der Waals surface area contributed by atoms with Crippen molar-refractivity contribution >= 4 is 83.7 Å². The fraction of sp³-hybridized carbons (Fsp3) is 0.875. The molecule has 0 bridgehead atoms. The molecular formula is C32H62N3NaO17S3. The van der Waals surface area contributed by atoms with Crippen molar-refractivity contribution in [2.24, 2.45) is 0 Å². The molecule has 7 N–H and O–H groups in total. The number of aliphatic hydroxyl groups excluding tert-OH is 2. The topological polar surface area (TPSA) is 322 Å². The Labute approximate surface area is 352 Å². The number of rotatable bonds is 33. The zero-order chi connectivity index (χ0) is 42.4. The minimum atomic E-state index is -5.18. The molecule has 0 aromatic carbocycles. The van der Waals surface area contributed by atoms with Crippen LogP contribution >= 0.6 is 0 Å². The fourth-order valence-corrected chi connectivity index (χ4v) is 7.44. The first-order valence-corrected chi connectivity index (χ1v) is 23.0. The number of carboxylic acid groups (broad SMARTS) is 2. The SMILES string of the molecule is CCCCCCCCN(CC(O)CN(CCS(=O)(=O)O)CC(O)CN(CCCCCCCC)C(=O)CC(C(=O)O)S(=O)(=O)O)C(=O)CC(C(=O)O)S(=O)(=O)O.[NaH]. The van der Waals surface area contributed by atoms with Crippen molar-refractivity contribution in [2.45, 2.75) is 126 Å². The Bertz CT molecular complexity index is 1420. The number of hydrogen-bond acceptors (Lipinski definition) is 13. The van der Waals surface area contributed by atoms with E-state index in [1.165, 1.54) is 4.90 Å². The Balaban J connectivity index is 0. The predicted octanol–water partition coefficient (Wildman–Crippen LogP) is 0.0899. The van der Waals surface area contributed by atoms with Gasteiger partial charge in [-0.2, -0.15) is 25.3 Å². The Morgan fingerprint density at radius 1 is 0.518 bits per heavy atom. The summed E-state index contributed by atoms with van der Waals surface area (Å²) in [5.74, 6) is -6.86. The van der Waals surface area contributed by atoms with Gasteiger partial charge in [-0.15, -0.1) is 0 Å². The Morgan fingerprint density at radius 3 is 1.12 bits per heavy atom. The van der Waals surface area contributed by atoms with E-state index in [1.54, 1.807) is 0 Å². The summed E-state index contributed by atoms with van der Waals surface area (Å²) < 4.78 is 97.9. The van der Waals surface area contributed by atoms with Crippen LogP contribution in [0.5, 0.6) is 0 Å². The van der Waals surface area contributed by atoms with Crippen molar-refractivity contribution in [2.75, 3.05) is 51.6 Å². The Hall–Kier alpha value is -1.51. The van der Waals surface area contributed by atoms with Crippen LogP contribution in [0.1, 0.15) is 104 Å². The summed E-state index contributed by atoms with van der Waals surface area (Å²) in [6.45, 7) is 1.50. The first-order chi connectivity index (χ1) is 25.4. The average Bonchev–Trinajstić information content (AvgIpc) is 3.04. The summed E-state index contributed by atoms with van der Waals surface area (Å²) in [5, 5.41) is 35.7. The van der Waals surface area contributed by atoms with E-state index in [2.05, 4.69) is 0 Å². The molecule has 0 aromatic heterocycles. The van der Waals surface area contributed by atoms with E-state index < -0.39 is 128 Å². The standard InChI is InChI=1S/C32H61N3O17S3.Na.H/c1-3-5-7-9-11-13-15-34(29(38)19-27(31(40)41)54(47,48)49)23-25(36)21-33(17-18-53(44,45)46)22-26(37)24-35(16-14-12-10-8-6-4-2)30(39)20-28(32(42)43)55(50,51)52;;/h25-28,36-37H,3-24H2,1-2H3,(H,40,41)(H,42,43)(H,44,45,46)(H,47,48,49)(H,50,51,52);;. The van der Waals surface area contributed by atoms with Gasteiger partial charge in [0.25, 0.3) is 30.4 Å². The zero-order valence-electron chi connectivity index (χ0n) is 31.6. The molecule has 0 saturated heterocycles. The minimum absolute atomic E-state index is 0. The van der Waals surface area contributed by atoms with Crippen LogP contribution in [0.2, 0.25) is 0 Å². The van der Waals surface area contributed by atoms with E-state index in [0.717, 1.165) is 61.2 Å². The van der Waals surface area contributed by atoms with Gasteiger partial charge < -0.3 is 30.2 Å². The normalized spacial score (nSPS) is 14.4. The number of hydrogen-bond donors (Lipinski definition) is 7. The monoisotopic (exact) mass is 879 g/mol. The summed E-state index contributed by atoms with van der Waals surface area (Å²) in [6, 6.07) is 0. The van der Waals surface area contributed by atoms with Crippen LogP contribution in [-0.2, 0) is 49.5 Å². The second-order valence-corrected chi connectivity index (χ2v) is 18.4. The van der Waals surface area contributed by atoms with Gasteiger partial charge in [-0.3, -0.25) is 37.7 Å². The van der Waals surface area contributed by atoms with Crippen LogP contribution in [0.25, 0.3) is 0 Å². The molecule has 0 saturated carbocycles. The van der Waals surface area contributed by atoms with Gasteiger partial charge in [0.1, 0.15) is 0 Å². The van der Waals surface area contributed by atoms with E-state index in [9.17, 15) is 78.5 Å². The molecule has 2 amide bonds. The van der Waals surface area contributed by atoms with Crippen molar-refractivity contribution in [1.29, 1.82) is 0 Å². The third-order valence-corrected chi connectivity index (χ3v) is 11.6. The van der Waals surface area contributed by atoms with E-state index >= 15 is 0 Å². The van der Waals surface area contributed by atoms with Crippen LogP contribution < -0.4 is 0 Å². The number of nitrogens with zero attached hydrogens (tertiary/aromatic N) is 3. The molecule has 20 nitrogen and oxygen atoms in total. The third kappa shape index (κ3) is 26.5. The Kier molecular flexibility index (Phi) is 29.1. The zero-order valence-corrected chi connectivity index (χ0v) is 34.1. The number of carbonyl (C=O) groups excluding carboxylic acids is 2. The first kappa shape index (κ1) is 56.6. The number of unbranched alkanes of at least 4 members (excludes halogenated alkanes) is 10. The average molecular weight is 880 g/mol. The van der Waals surface area contributed by atoms with Gasteiger partial charge >= 0.3 is 41.5 Å². The maximum atomic E-state index is 13.1. The first-order valence-electron chi connectivity index (χ1n) is 18.4. The second kappa shape index (κ2) is 28.8. The molecule has 4 unspecified atom stereocenters. The molecule has 0 aliphatic carbocycles. The van der Waals surface area contributed by atoms with Gasteiger partial charge in [0.2, 0.25) is 11.8 Å². The van der Waals surface area contributed by atoms with Gasteiger partial charge in [0.05, 0.1) is 30.8 Å². The number of carboxylic acids is 2. The number of aliphatic hydroxyl groups is 2. The fourth-order valence-electron chi connectivity index (χ4n) is 5.74. The molecule has 0 aliphatic rings. The van der Waals surface area contributed by atoms with Crippen LogP contribution in [0.3, 0.4) is 0 Å². The van der Waals surface area contributed by atoms with Crippen molar-refractivity contribution in [3.63, 3.8) is 0 Å². The molecule has 0 rings (SSSR count). The van der Waals surface area contributed by atoms with Crippen molar-refractivity contribution in [3.8, 4) is 0 Å². The molecule has 0 fully saturated rings. The van der Waals surface area contributed by atoms with E-state index in [1.807, 2.05) is 13.8 Å². The van der Waals surface area contributed by atoms with Gasteiger partial charge in [-0.05, 0) is 12.8 Å². The van der Waals surface area contributed by atoms with Crippen molar-refractivity contribution < 1.29 is 78.5 Å².